The summed E-state index contributed by atoms with van der Waals surface area (Å²) < 4.78 is 34.4. The molecule has 12 heteroatoms. The second-order valence-corrected chi connectivity index (χ2v) is 13.6. The number of rotatable bonds is 19. The molecule has 248 valence electrons. The molecule has 4 N–H and O–H groups in total. The van der Waals surface area contributed by atoms with Crippen molar-refractivity contribution in [2.24, 2.45) is 5.92 Å². The monoisotopic (exact) mass is 648 g/mol. The molecule has 0 unspecified atom stereocenters. The van der Waals surface area contributed by atoms with E-state index in [4.69, 9.17) is 4.74 Å². The molecule has 4 rings (SSSR count). The smallest absolute Gasteiger partial charge is 0.241 e. The van der Waals surface area contributed by atoms with E-state index in [2.05, 4.69) is 49.5 Å². The van der Waals surface area contributed by atoms with Crippen molar-refractivity contribution in [3.63, 3.8) is 0 Å². The topological polar surface area (TPSA) is 133 Å². The van der Waals surface area contributed by atoms with Gasteiger partial charge in [0.1, 0.15) is 5.75 Å². The lowest BCUT2D eigenvalue weighted by Crippen LogP contribution is -2.25. The highest BCUT2D eigenvalue weighted by atomic mass is 32.2. The Morgan fingerprint density at radius 1 is 0.739 bits per heavy atom. The van der Waals surface area contributed by atoms with Gasteiger partial charge in [0.05, 0.1) is 12.0 Å². The fourth-order valence-electron chi connectivity index (χ4n) is 4.99. The van der Waals surface area contributed by atoms with Crippen molar-refractivity contribution >= 4 is 44.3 Å². The minimum Gasteiger partial charge on any atom is -0.497 e. The number of benzene rings is 3. The maximum atomic E-state index is 13.2. The van der Waals surface area contributed by atoms with Crippen LogP contribution in [0.15, 0.2) is 65.6 Å². The van der Waals surface area contributed by atoms with Crippen LogP contribution in [0.25, 0.3) is 10.8 Å². The number of sulfonamides is 1. The molecule has 0 radical (unpaired) electrons. The van der Waals surface area contributed by atoms with E-state index in [9.17, 15) is 8.42 Å². The van der Waals surface area contributed by atoms with Crippen molar-refractivity contribution in [2.45, 2.75) is 57.4 Å². The first-order valence-corrected chi connectivity index (χ1v) is 17.4. The third-order valence-electron chi connectivity index (χ3n) is 7.56. The number of hydrogen-bond acceptors (Lipinski definition) is 10. The van der Waals surface area contributed by atoms with Crippen molar-refractivity contribution in [3.8, 4) is 5.75 Å². The van der Waals surface area contributed by atoms with Gasteiger partial charge in [-0.15, -0.1) is 0 Å². The molecule has 0 saturated heterocycles. The number of nitrogens with one attached hydrogen (secondary N) is 4. The van der Waals surface area contributed by atoms with Crippen molar-refractivity contribution in [1.82, 2.24) is 19.7 Å². The van der Waals surface area contributed by atoms with Crippen LogP contribution >= 0.6 is 0 Å². The standard InChI is InChI=1S/C34H48N8O3S/c1-25(2)20-23-36-33-39-32(40-34(41-33)37-24-26-16-18-27(45-5)19-17-26)35-21-8-6-7-9-22-38-46(43,44)31-15-11-12-28-29(31)13-10-14-30(28)42(3)4/h10-19,25,38H,6-9,20-24H2,1-5H3,(H3,35,36,37,39,40,41). The van der Waals surface area contributed by atoms with E-state index in [0.29, 0.717) is 48.3 Å². The summed E-state index contributed by atoms with van der Waals surface area (Å²) in [6.45, 7) is 6.81. The van der Waals surface area contributed by atoms with E-state index in [1.807, 2.05) is 67.5 Å². The first-order chi connectivity index (χ1) is 22.2. The summed E-state index contributed by atoms with van der Waals surface area (Å²) in [5, 5.41) is 11.6. The first kappa shape index (κ1) is 34.7. The zero-order chi connectivity index (χ0) is 32.9. The summed E-state index contributed by atoms with van der Waals surface area (Å²) in [6.07, 6.45) is 4.51. The zero-order valence-corrected chi connectivity index (χ0v) is 28.5. The largest absolute Gasteiger partial charge is 0.497 e. The Labute approximate surface area is 273 Å². The van der Waals surface area contributed by atoms with Gasteiger partial charge in [-0.1, -0.05) is 63.1 Å². The number of unbranched alkanes of at least 4 members (excludes halogenated alkanes) is 3. The molecule has 0 aliphatic rings. The molecule has 0 amide bonds. The van der Waals surface area contributed by atoms with Gasteiger partial charge in [-0.25, -0.2) is 13.1 Å². The highest BCUT2D eigenvalue weighted by molar-refractivity contribution is 7.89. The average Bonchev–Trinajstić information content (AvgIpc) is 3.04. The van der Waals surface area contributed by atoms with Crippen LogP contribution < -0.4 is 30.3 Å². The molecule has 0 saturated carbocycles. The molecule has 0 bridgehead atoms. The number of hydrogen-bond donors (Lipinski definition) is 4. The lowest BCUT2D eigenvalue weighted by Gasteiger charge is -2.17. The molecule has 46 heavy (non-hydrogen) atoms. The van der Waals surface area contributed by atoms with Gasteiger partial charge < -0.3 is 25.6 Å². The van der Waals surface area contributed by atoms with Gasteiger partial charge in [-0.2, -0.15) is 15.0 Å². The lowest BCUT2D eigenvalue weighted by molar-refractivity contribution is 0.414. The second-order valence-electron chi connectivity index (χ2n) is 11.9. The fraction of sp³-hybridized carbons (Fsp3) is 0.441. The van der Waals surface area contributed by atoms with E-state index < -0.39 is 10.0 Å². The molecular weight excluding hydrogens is 600 g/mol. The Bertz CT molecular complexity index is 1650. The van der Waals surface area contributed by atoms with Crippen molar-refractivity contribution < 1.29 is 13.2 Å². The Morgan fingerprint density at radius 2 is 1.35 bits per heavy atom. The lowest BCUT2D eigenvalue weighted by atomic mass is 10.1. The number of ether oxygens (including phenoxy) is 1. The summed E-state index contributed by atoms with van der Waals surface area (Å²) in [5.41, 5.74) is 2.07. The van der Waals surface area contributed by atoms with Crippen molar-refractivity contribution in [1.29, 1.82) is 0 Å². The van der Waals surface area contributed by atoms with Gasteiger partial charge in [0.15, 0.2) is 0 Å². The van der Waals surface area contributed by atoms with Crippen LogP contribution in [0.4, 0.5) is 23.5 Å². The second kappa shape index (κ2) is 17.0. The van der Waals surface area contributed by atoms with Gasteiger partial charge in [0.25, 0.3) is 0 Å². The van der Waals surface area contributed by atoms with Crippen LogP contribution in [0.2, 0.25) is 0 Å². The molecule has 0 fully saturated rings. The average molecular weight is 649 g/mol. The molecule has 0 aliphatic carbocycles. The quantitative estimate of drug-likeness (QED) is 0.0882. The summed E-state index contributed by atoms with van der Waals surface area (Å²) in [7, 11) is 1.93. The molecule has 0 atom stereocenters. The SMILES string of the molecule is COc1ccc(CNc2nc(NCCCCCCNS(=O)(=O)c3cccc4c(N(C)C)cccc34)nc(NCCC(C)C)n2)cc1. The van der Waals surface area contributed by atoms with Crippen molar-refractivity contribution in [3.05, 3.63) is 66.2 Å². The van der Waals surface area contributed by atoms with Gasteiger partial charge >= 0.3 is 0 Å². The molecule has 0 spiro atoms. The maximum absolute atomic E-state index is 13.2. The number of fused-ring (bicyclic) bond motifs is 1. The van der Waals surface area contributed by atoms with E-state index in [-0.39, 0.29) is 0 Å². The summed E-state index contributed by atoms with van der Waals surface area (Å²) in [6, 6.07) is 19.0. The minimum atomic E-state index is -3.63. The molecule has 11 nitrogen and oxygen atoms in total. The van der Waals surface area contributed by atoms with E-state index in [1.165, 1.54) is 0 Å². The third-order valence-corrected chi connectivity index (χ3v) is 9.08. The molecule has 3 aromatic carbocycles. The zero-order valence-electron chi connectivity index (χ0n) is 27.6. The van der Waals surface area contributed by atoms with Crippen LogP contribution in [-0.2, 0) is 16.6 Å². The van der Waals surface area contributed by atoms with E-state index in [1.54, 1.807) is 19.2 Å². The third kappa shape index (κ3) is 10.2. The van der Waals surface area contributed by atoms with E-state index >= 15 is 0 Å². The molecule has 0 aliphatic heterocycles. The van der Waals surface area contributed by atoms with Gasteiger partial charge in [-0.3, -0.25) is 0 Å². The molecule has 1 aromatic heterocycles. The summed E-state index contributed by atoms with van der Waals surface area (Å²) in [4.78, 5) is 16.0. The van der Waals surface area contributed by atoms with Crippen LogP contribution in [0, 0.1) is 5.92 Å². The Balaban J connectivity index is 1.24. The predicted octanol–water partition coefficient (Wildman–Crippen LogP) is 6.12. The van der Waals surface area contributed by atoms with Crippen LogP contribution in [0.5, 0.6) is 5.75 Å². The molecular formula is C34H48N8O3S. The fourth-order valence-corrected chi connectivity index (χ4v) is 6.28. The Kier molecular flexibility index (Phi) is 12.8. The number of anilines is 4. The van der Waals surface area contributed by atoms with Gasteiger partial charge in [-0.05, 0) is 55.0 Å². The predicted molar refractivity (Wildman–Crippen MR) is 189 cm³/mol. The van der Waals surface area contributed by atoms with E-state index in [0.717, 1.165) is 66.4 Å². The van der Waals surface area contributed by atoms with Crippen molar-refractivity contribution in [2.75, 3.05) is 61.7 Å². The van der Waals surface area contributed by atoms with Crippen LogP contribution in [-0.4, -0.2) is 64.2 Å². The normalized spacial score (nSPS) is 11.5. The maximum Gasteiger partial charge on any atom is 0.241 e. The van der Waals surface area contributed by atoms with Crippen LogP contribution in [0.3, 0.4) is 0 Å². The molecule has 4 aromatic rings. The minimum absolute atomic E-state index is 0.311. The highest BCUT2D eigenvalue weighted by Crippen LogP contribution is 2.30. The number of methoxy groups -OCH3 is 1. The van der Waals surface area contributed by atoms with Crippen LogP contribution in [0.1, 0.15) is 51.5 Å². The number of aromatic nitrogens is 3. The molecule has 1 heterocycles. The Hall–Kier alpha value is -4.16. The number of nitrogens with zero attached hydrogens (tertiary/aromatic N) is 4. The van der Waals surface area contributed by atoms with Gasteiger partial charge in [0, 0.05) is 56.7 Å². The van der Waals surface area contributed by atoms with Gasteiger partial charge in [0.2, 0.25) is 27.9 Å². The summed E-state index contributed by atoms with van der Waals surface area (Å²) >= 11 is 0. The summed E-state index contributed by atoms with van der Waals surface area (Å²) in [5.74, 6) is 2.93. The first-order valence-electron chi connectivity index (χ1n) is 16.0. The highest BCUT2D eigenvalue weighted by Gasteiger charge is 2.18. The Morgan fingerprint density at radius 3 is 2.00 bits per heavy atom.